The topological polar surface area (TPSA) is 100 Å². The summed E-state index contributed by atoms with van der Waals surface area (Å²) in [4.78, 5) is 15.3. The summed E-state index contributed by atoms with van der Waals surface area (Å²) in [6.07, 6.45) is 0.193. The molecule has 1 saturated heterocycles. The molecule has 0 radical (unpaired) electrons. The quantitative estimate of drug-likeness (QED) is 0.594. The molecule has 16 heavy (non-hydrogen) atoms. The number of aliphatic hydroxyl groups excluding tert-OH is 1. The Hall–Kier alpha value is -1.47. The van der Waals surface area contributed by atoms with E-state index in [1.165, 1.54) is 0 Å². The van der Waals surface area contributed by atoms with E-state index in [4.69, 9.17) is 4.74 Å². The van der Waals surface area contributed by atoms with Gasteiger partial charge in [-0.05, 0) is 13.3 Å². The molecular formula is C9H14N4O3. The van der Waals surface area contributed by atoms with Crippen LogP contribution in [0.5, 0.6) is 0 Å². The monoisotopic (exact) mass is 226 g/mol. The number of hydrogen-bond donors (Lipinski definition) is 3. The molecule has 1 fully saturated rings. The van der Waals surface area contributed by atoms with E-state index < -0.39 is 5.97 Å². The van der Waals surface area contributed by atoms with Crippen LogP contribution in [0.25, 0.3) is 0 Å². The summed E-state index contributed by atoms with van der Waals surface area (Å²) < 4.78 is 4.77. The fourth-order valence-electron chi connectivity index (χ4n) is 1.64. The van der Waals surface area contributed by atoms with Crippen molar-refractivity contribution >= 4 is 5.97 Å². The number of esters is 1. The van der Waals surface area contributed by atoms with Crippen molar-refractivity contribution in [1.29, 1.82) is 0 Å². The van der Waals surface area contributed by atoms with Gasteiger partial charge in [0.15, 0.2) is 0 Å². The molecule has 7 heteroatoms. The van der Waals surface area contributed by atoms with Crippen molar-refractivity contribution in [2.75, 3.05) is 13.2 Å². The minimum Gasteiger partial charge on any atom is -0.460 e. The fraction of sp³-hybridized carbons (Fsp3) is 0.667. The molecule has 3 N–H and O–H groups in total. The second kappa shape index (κ2) is 4.58. The highest BCUT2D eigenvalue weighted by Crippen LogP contribution is 2.19. The van der Waals surface area contributed by atoms with Crippen LogP contribution in [0.15, 0.2) is 0 Å². The highest BCUT2D eigenvalue weighted by atomic mass is 16.5. The third-order valence-electron chi connectivity index (χ3n) is 2.40. The molecule has 2 heterocycles. The van der Waals surface area contributed by atoms with E-state index in [1.54, 1.807) is 6.92 Å². The number of aromatic nitrogens is 3. The molecular weight excluding hydrogens is 212 g/mol. The fourth-order valence-corrected chi connectivity index (χ4v) is 1.64. The minimum atomic E-state index is -0.538. The molecule has 2 atom stereocenters. The van der Waals surface area contributed by atoms with E-state index in [-0.39, 0.29) is 18.0 Å². The zero-order valence-corrected chi connectivity index (χ0v) is 8.93. The van der Waals surface area contributed by atoms with Crippen LogP contribution in [0.3, 0.4) is 0 Å². The predicted octanol–water partition coefficient (Wildman–Crippen LogP) is -0.623. The van der Waals surface area contributed by atoms with Crippen molar-refractivity contribution in [3.63, 3.8) is 0 Å². The number of nitrogens with zero attached hydrogens (tertiary/aromatic N) is 2. The number of rotatable bonds is 3. The first-order valence-corrected chi connectivity index (χ1v) is 5.21. The predicted molar refractivity (Wildman–Crippen MR) is 53.7 cm³/mol. The highest BCUT2D eigenvalue weighted by molar-refractivity contribution is 5.84. The Balaban J connectivity index is 2.04. The lowest BCUT2D eigenvalue weighted by Crippen LogP contribution is -2.16. The van der Waals surface area contributed by atoms with Gasteiger partial charge in [0.1, 0.15) is 5.82 Å². The van der Waals surface area contributed by atoms with Crippen LogP contribution in [0.4, 0.5) is 0 Å². The third kappa shape index (κ3) is 2.20. The molecule has 1 aromatic heterocycles. The van der Waals surface area contributed by atoms with Crippen molar-refractivity contribution in [2.45, 2.75) is 25.5 Å². The summed E-state index contributed by atoms with van der Waals surface area (Å²) in [5.41, 5.74) is 0. The van der Waals surface area contributed by atoms with Gasteiger partial charge in [0, 0.05) is 6.54 Å². The number of carbonyl (C=O) groups excluding carboxylic acids is 1. The standard InChI is InChI=1S/C9H14N4O3/c1-2-16-9(15)8-11-7(12-13-8)6-3-5(14)4-10-6/h5-6,10,14H,2-4H2,1H3,(H,11,12,13)/t5-,6-/m1/s1. The lowest BCUT2D eigenvalue weighted by molar-refractivity contribution is 0.0512. The van der Waals surface area contributed by atoms with Crippen molar-refractivity contribution in [2.24, 2.45) is 0 Å². The van der Waals surface area contributed by atoms with Gasteiger partial charge in [-0.3, -0.25) is 5.10 Å². The van der Waals surface area contributed by atoms with Crippen LogP contribution in [0.2, 0.25) is 0 Å². The summed E-state index contributed by atoms with van der Waals surface area (Å²) in [7, 11) is 0. The molecule has 7 nitrogen and oxygen atoms in total. The Labute approximate surface area is 92.2 Å². The molecule has 0 aliphatic carbocycles. The normalized spacial score (nSPS) is 24.6. The van der Waals surface area contributed by atoms with Gasteiger partial charge in [-0.2, -0.15) is 0 Å². The van der Waals surface area contributed by atoms with Crippen LogP contribution in [0.1, 0.15) is 35.8 Å². The summed E-state index contributed by atoms with van der Waals surface area (Å²) in [6.45, 7) is 2.55. The first-order valence-electron chi connectivity index (χ1n) is 5.21. The van der Waals surface area contributed by atoms with E-state index in [9.17, 15) is 9.90 Å². The number of H-pyrrole nitrogens is 1. The van der Waals surface area contributed by atoms with Crippen LogP contribution in [-0.4, -0.2) is 45.5 Å². The van der Waals surface area contributed by atoms with E-state index in [0.29, 0.717) is 25.4 Å². The summed E-state index contributed by atoms with van der Waals surface area (Å²) >= 11 is 0. The number of hydrogen-bond acceptors (Lipinski definition) is 6. The maximum atomic E-state index is 11.3. The summed E-state index contributed by atoms with van der Waals surface area (Å²) in [6, 6.07) is -0.0781. The Kier molecular flexibility index (Phi) is 3.16. The molecule has 0 bridgehead atoms. The molecule has 0 amide bonds. The molecule has 88 valence electrons. The maximum absolute atomic E-state index is 11.3. The van der Waals surface area contributed by atoms with Crippen molar-refractivity contribution in [3.8, 4) is 0 Å². The molecule has 0 aromatic carbocycles. The van der Waals surface area contributed by atoms with Gasteiger partial charge < -0.3 is 15.2 Å². The van der Waals surface area contributed by atoms with Crippen LogP contribution in [0, 0.1) is 0 Å². The number of aromatic amines is 1. The van der Waals surface area contributed by atoms with E-state index in [2.05, 4.69) is 20.5 Å². The Morgan fingerprint density at radius 3 is 3.12 bits per heavy atom. The van der Waals surface area contributed by atoms with Gasteiger partial charge >= 0.3 is 5.97 Å². The Bertz CT molecular complexity index is 379. The highest BCUT2D eigenvalue weighted by Gasteiger charge is 2.27. The van der Waals surface area contributed by atoms with Gasteiger partial charge in [-0.1, -0.05) is 0 Å². The van der Waals surface area contributed by atoms with Gasteiger partial charge in [0.2, 0.25) is 0 Å². The van der Waals surface area contributed by atoms with Crippen molar-refractivity contribution in [3.05, 3.63) is 11.6 Å². The van der Waals surface area contributed by atoms with Crippen molar-refractivity contribution in [1.82, 2.24) is 20.5 Å². The van der Waals surface area contributed by atoms with Gasteiger partial charge in [-0.15, -0.1) is 5.10 Å². The smallest absolute Gasteiger partial charge is 0.378 e. The molecule has 1 aliphatic heterocycles. The molecule has 0 spiro atoms. The zero-order valence-electron chi connectivity index (χ0n) is 8.93. The molecule has 1 aliphatic rings. The minimum absolute atomic E-state index is 0.0278. The zero-order chi connectivity index (χ0) is 11.5. The average Bonchev–Trinajstić information content (AvgIpc) is 2.85. The number of aliphatic hydroxyl groups is 1. The summed E-state index contributed by atoms with van der Waals surface area (Å²) in [5.74, 6) is 0.0446. The van der Waals surface area contributed by atoms with E-state index in [0.717, 1.165) is 0 Å². The second-order valence-electron chi connectivity index (χ2n) is 3.62. The first kappa shape index (κ1) is 11.0. The second-order valence-corrected chi connectivity index (χ2v) is 3.62. The van der Waals surface area contributed by atoms with E-state index in [1.807, 2.05) is 0 Å². The van der Waals surface area contributed by atoms with E-state index >= 15 is 0 Å². The van der Waals surface area contributed by atoms with Crippen molar-refractivity contribution < 1.29 is 14.6 Å². The number of ether oxygens (including phenoxy) is 1. The number of carbonyl (C=O) groups is 1. The molecule has 2 rings (SSSR count). The SMILES string of the molecule is CCOC(=O)c1n[nH]c([C@H]2C[C@@H](O)CN2)n1. The molecule has 0 saturated carbocycles. The Morgan fingerprint density at radius 1 is 1.69 bits per heavy atom. The van der Waals surface area contributed by atoms with Crippen LogP contribution in [-0.2, 0) is 4.74 Å². The van der Waals surface area contributed by atoms with Gasteiger partial charge in [-0.25, -0.2) is 9.78 Å². The van der Waals surface area contributed by atoms with Crippen LogP contribution < -0.4 is 5.32 Å². The molecule has 0 unspecified atom stereocenters. The number of β-amino-alcohol motifs (C(OH)–C–C–N with tert-alkyl or cyclic N) is 1. The van der Waals surface area contributed by atoms with Gasteiger partial charge in [0.05, 0.1) is 18.8 Å². The largest absolute Gasteiger partial charge is 0.460 e. The summed E-state index contributed by atoms with van der Waals surface area (Å²) in [5, 5.41) is 18.9. The lowest BCUT2D eigenvalue weighted by Gasteiger charge is -2.03. The van der Waals surface area contributed by atoms with Gasteiger partial charge in [0.25, 0.3) is 5.82 Å². The Morgan fingerprint density at radius 2 is 2.50 bits per heavy atom. The first-order chi connectivity index (χ1) is 7.70. The third-order valence-corrected chi connectivity index (χ3v) is 2.40. The van der Waals surface area contributed by atoms with Crippen LogP contribution >= 0.6 is 0 Å². The maximum Gasteiger partial charge on any atom is 0.378 e. The lowest BCUT2D eigenvalue weighted by atomic mass is 10.2. The number of nitrogens with one attached hydrogen (secondary N) is 2. The molecule has 1 aromatic rings. The average molecular weight is 226 g/mol.